The minimum atomic E-state index is -0.0777. The highest BCUT2D eigenvalue weighted by atomic mass is 16.5. The van der Waals surface area contributed by atoms with Gasteiger partial charge in [-0.25, -0.2) is 4.98 Å². The third kappa shape index (κ3) is 3.90. The molecule has 1 N–H and O–H groups in total. The highest BCUT2D eigenvalue weighted by Gasteiger charge is 2.32. The zero-order chi connectivity index (χ0) is 18.5. The van der Waals surface area contributed by atoms with Crippen LogP contribution in [0.2, 0.25) is 0 Å². The van der Waals surface area contributed by atoms with Gasteiger partial charge in [0, 0.05) is 19.8 Å². The zero-order valence-corrected chi connectivity index (χ0v) is 15.8. The zero-order valence-electron chi connectivity index (χ0n) is 15.8. The van der Waals surface area contributed by atoms with E-state index in [4.69, 9.17) is 4.74 Å². The Morgan fingerprint density at radius 1 is 1.35 bits per heavy atom. The molecule has 2 atom stereocenters. The standard InChI is InChI=1S/C20H28N4O2/c1-4-26-18-10-6-5-9-16(18)20(25)22-12-15-8-7-11-23(2)19(15)17-13-21-14-24(17)3/h5-6,9-10,13-15,19H,4,7-8,11-12H2,1-3H3,(H,22,25)/t15-,19+/m0/s1. The number of nitrogens with one attached hydrogen (secondary N) is 1. The number of benzene rings is 1. The second kappa shape index (κ2) is 8.36. The van der Waals surface area contributed by atoms with Crippen LogP contribution in [0, 0.1) is 5.92 Å². The number of aryl methyl sites for hydroxylation is 1. The van der Waals surface area contributed by atoms with Gasteiger partial charge < -0.3 is 14.6 Å². The molecule has 1 saturated heterocycles. The van der Waals surface area contributed by atoms with E-state index < -0.39 is 0 Å². The van der Waals surface area contributed by atoms with Crippen molar-refractivity contribution in [3.63, 3.8) is 0 Å². The van der Waals surface area contributed by atoms with E-state index in [0.29, 0.717) is 30.4 Å². The van der Waals surface area contributed by atoms with Crippen LogP contribution in [0.15, 0.2) is 36.8 Å². The summed E-state index contributed by atoms with van der Waals surface area (Å²) in [5, 5.41) is 3.12. The third-order valence-electron chi connectivity index (χ3n) is 5.12. The Balaban J connectivity index is 1.71. The maximum atomic E-state index is 12.7. The van der Waals surface area contributed by atoms with Gasteiger partial charge in [0.1, 0.15) is 5.75 Å². The largest absolute Gasteiger partial charge is 0.493 e. The van der Waals surface area contributed by atoms with Gasteiger partial charge in [-0.3, -0.25) is 9.69 Å². The maximum Gasteiger partial charge on any atom is 0.255 e. The molecule has 3 rings (SSSR count). The van der Waals surface area contributed by atoms with Gasteiger partial charge >= 0.3 is 0 Å². The number of hydrogen-bond donors (Lipinski definition) is 1. The summed E-state index contributed by atoms with van der Waals surface area (Å²) in [5.41, 5.74) is 1.79. The minimum absolute atomic E-state index is 0.0777. The van der Waals surface area contributed by atoms with Crippen LogP contribution in [0.1, 0.15) is 41.9 Å². The van der Waals surface area contributed by atoms with Crippen LogP contribution in [0.4, 0.5) is 0 Å². The normalized spacial score (nSPS) is 20.7. The first-order chi connectivity index (χ1) is 12.6. The predicted octanol–water partition coefficient (Wildman–Crippen LogP) is 2.63. The van der Waals surface area contributed by atoms with Crippen LogP contribution in [0.25, 0.3) is 0 Å². The van der Waals surface area contributed by atoms with Gasteiger partial charge in [0.05, 0.1) is 30.2 Å². The van der Waals surface area contributed by atoms with Crippen molar-refractivity contribution in [1.82, 2.24) is 19.8 Å². The van der Waals surface area contributed by atoms with E-state index in [9.17, 15) is 4.79 Å². The van der Waals surface area contributed by atoms with Gasteiger partial charge in [-0.1, -0.05) is 12.1 Å². The Bertz CT molecular complexity index is 743. The molecule has 0 spiro atoms. The maximum absolute atomic E-state index is 12.7. The molecule has 2 heterocycles. The summed E-state index contributed by atoms with van der Waals surface area (Å²) in [6, 6.07) is 7.66. The summed E-state index contributed by atoms with van der Waals surface area (Å²) in [5.74, 6) is 0.912. The number of nitrogens with zero attached hydrogens (tertiary/aromatic N) is 3. The molecule has 0 saturated carbocycles. The van der Waals surface area contributed by atoms with E-state index in [0.717, 1.165) is 19.4 Å². The average Bonchev–Trinajstić information content (AvgIpc) is 3.06. The lowest BCUT2D eigenvalue weighted by Gasteiger charge is -2.39. The van der Waals surface area contributed by atoms with Crippen molar-refractivity contribution in [3.8, 4) is 5.75 Å². The second-order valence-corrected chi connectivity index (χ2v) is 6.90. The topological polar surface area (TPSA) is 59.4 Å². The summed E-state index contributed by atoms with van der Waals surface area (Å²) in [6.07, 6.45) is 6.01. The van der Waals surface area contributed by atoms with Gasteiger partial charge in [-0.2, -0.15) is 0 Å². The molecule has 140 valence electrons. The molecule has 0 unspecified atom stereocenters. The third-order valence-corrected chi connectivity index (χ3v) is 5.12. The molecule has 1 amide bonds. The van der Waals surface area contributed by atoms with E-state index in [1.807, 2.05) is 50.8 Å². The smallest absolute Gasteiger partial charge is 0.255 e. The van der Waals surface area contributed by atoms with Crippen LogP contribution in [-0.4, -0.2) is 47.1 Å². The van der Waals surface area contributed by atoms with E-state index in [1.165, 1.54) is 5.69 Å². The molecule has 1 aliphatic rings. The Hall–Kier alpha value is -2.34. The molecular formula is C20H28N4O2. The number of ether oxygens (including phenoxy) is 1. The van der Waals surface area contributed by atoms with Crippen LogP contribution in [0.3, 0.4) is 0 Å². The Morgan fingerprint density at radius 2 is 2.15 bits per heavy atom. The summed E-state index contributed by atoms with van der Waals surface area (Å²) < 4.78 is 7.66. The molecule has 26 heavy (non-hydrogen) atoms. The lowest BCUT2D eigenvalue weighted by molar-refractivity contribution is 0.0878. The highest BCUT2D eigenvalue weighted by molar-refractivity contribution is 5.96. The summed E-state index contributed by atoms with van der Waals surface area (Å²) in [4.78, 5) is 19.3. The van der Waals surface area contributed by atoms with Gasteiger partial charge in [0.25, 0.3) is 5.91 Å². The Kier molecular flexibility index (Phi) is 5.93. The van der Waals surface area contributed by atoms with Crippen molar-refractivity contribution in [2.24, 2.45) is 13.0 Å². The summed E-state index contributed by atoms with van der Waals surface area (Å²) in [7, 11) is 4.18. The van der Waals surface area contributed by atoms with Crippen LogP contribution in [-0.2, 0) is 7.05 Å². The summed E-state index contributed by atoms with van der Waals surface area (Å²) in [6.45, 7) is 4.16. The second-order valence-electron chi connectivity index (χ2n) is 6.90. The van der Waals surface area contributed by atoms with Gasteiger partial charge in [-0.15, -0.1) is 0 Å². The fraction of sp³-hybridized carbons (Fsp3) is 0.500. The van der Waals surface area contributed by atoms with Gasteiger partial charge in [0.15, 0.2) is 0 Å². The first kappa shape index (κ1) is 18.5. The quantitative estimate of drug-likeness (QED) is 0.864. The summed E-state index contributed by atoms with van der Waals surface area (Å²) >= 11 is 0. The molecule has 6 heteroatoms. The molecule has 1 fully saturated rings. The van der Waals surface area contributed by atoms with E-state index >= 15 is 0 Å². The van der Waals surface area contributed by atoms with Crippen molar-refractivity contribution >= 4 is 5.91 Å². The first-order valence-corrected chi connectivity index (χ1v) is 9.28. The lowest BCUT2D eigenvalue weighted by atomic mass is 9.87. The van der Waals surface area contributed by atoms with Gasteiger partial charge in [-0.05, 0) is 51.4 Å². The monoisotopic (exact) mass is 356 g/mol. The van der Waals surface area contributed by atoms with Crippen molar-refractivity contribution in [2.75, 3.05) is 26.7 Å². The minimum Gasteiger partial charge on any atom is -0.493 e. The first-order valence-electron chi connectivity index (χ1n) is 9.28. The lowest BCUT2D eigenvalue weighted by Crippen LogP contribution is -2.42. The Labute approximate surface area is 155 Å². The van der Waals surface area contributed by atoms with Gasteiger partial charge in [0.2, 0.25) is 0 Å². The van der Waals surface area contributed by atoms with Crippen LogP contribution < -0.4 is 10.1 Å². The van der Waals surface area contributed by atoms with Crippen molar-refractivity contribution in [2.45, 2.75) is 25.8 Å². The number of hydrogen-bond acceptors (Lipinski definition) is 4. The van der Waals surface area contributed by atoms with Crippen LogP contribution >= 0.6 is 0 Å². The SMILES string of the molecule is CCOc1ccccc1C(=O)NC[C@@H]1CCCN(C)[C@H]1c1cncn1C. The van der Waals surface area contributed by atoms with E-state index in [-0.39, 0.29) is 11.9 Å². The highest BCUT2D eigenvalue weighted by Crippen LogP contribution is 2.34. The number of amides is 1. The molecule has 0 bridgehead atoms. The number of carbonyl (C=O) groups excluding carboxylic acids is 1. The van der Waals surface area contributed by atoms with E-state index in [1.54, 1.807) is 0 Å². The molecule has 2 aromatic rings. The number of imidazole rings is 1. The van der Waals surface area contributed by atoms with E-state index in [2.05, 4.69) is 26.8 Å². The number of carbonyl (C=O) groups is 1. The fourth-order valence-electron chi connectivity index (χ4n) is 3.85. The number of rotatable bonds is 6. The van der Waals surface area contributed by atoms with Crippen molar-refractivity contribution in [1.29, 1.82) is 0 Å². The average molecular weight is 356 g/mol. The number of piperidine rings is 1. The predicted molar refractivity (Wildman–Crippen MR) is 101 cm³/mol. The molecule has 1 aromatic heterocycles. The fourth-order valence-corrected chi connectivity index (χ4v) is 3.85. The molecule has 1 aromatic carbocycles. The molecule has 0 aliphatic carbocycles. The molecular weight excluding hydrogens is 328 g/mol. The van der Waals surface area contributed by atoms with Crippen molar-refractivity contribution in [3.05, 3.63) is 48.0 Å². The molecule has 6 nitrogen and oxygen atoms in total. The number of likely N-dealkylation sites (tertiary alicyclic amines) is 1. The van der Waals surface area contributed by atoms with Crippen LogP contribution in [0.5, 0.6) is 5.75 Å². The molecule has 1 aliphatic heterocycles. The number of aromatic nitrogens is 2. The Morgan fingerprint density at radius 3 is 2.88 bits per heavy atom. The van der Waals surface area contributed by atoms with Crippen molar-refractivity contribution < 1.29 is 9.53 Å². The number of para-hydroxylation sites is 1. The molecule has 0 radical (unpaired) electrons.